The normalized spacial score (nSPS) is 14.3. The van der Waals surface area contributed by atoms with Crippen LogP contribution in [0.5, 0.6) is 0 Å². The van der Waals surface area contributed by atoms with Crippen LogP contribution in [0.15, 0.2) is 0 Å². The maximum absolute atomic E-state index is 11.6. The van der Waals surface area contributed by atoms with Crippen molar-refractivity contribution >= 4 is 17.9 Å². The average Bonchev–Trinajstić information content (AvgIpc) is 2.81. The van der Waals surface area contributed by atoms with E-state index in [0.29, 0.717) is 0 Å². The van der Waals surface area contributed by atoms with E-state index in [0.717, 1.165) is 25.9 Å². The van der Waals surface area contributed by atoms with Gasteiger partial charge in [0.05, 0.1) is 6.42 Å². The Kier molecular flexibility index (Phi) is 5.96. The fraction of sp³-hybridized carbons (Fsp3) is 0.727. The van der Waals surface area contributed by atoms with Gasteiger partial charge < -0.3 is 20.6 Å². The molecule has 1 rings (SSSR count). The van der Waals surface area contributed by atoms with Crippen molar-refractivity contribution < 1.29 is 19.5 Å². The van der Waals surface area contributed by atoms with Gasteiger partial charge >= 0.3 is 12.0 Å². The molecule has 0 aliphatic carbocycles. The molecule has 7 nitrogen and oxygen atoms in total. The number of nitrogens with one attached hydrogen (secondary N) is 2. The molecular weight excluding hydrogens is 238 g/mol. The second-order valence-electron chi connectivity index (χ2n) is 4.16. The first-order valence-electron chi connectivity index (χ1n) is 6.11. The van der Waals surface area contributed by atoms with E-state index >= 15 is 0 Å². The minimum absolute atomic E-state index is 0.0540. The summed E-state index contributed by atoms with van der Waals surface area (Å²) in [5, 5.41) is 13.3. The summed E-state index contributed by atoms with van der Waals surface area (Å²) < 4.78 is 0. The third kappa shape index (κ3) is 5.51. The van der Waals surface area contributed by atoms with E-state index in [2.05, 4.69) is 10.6 Å². The van der Waals surface area contributed by atoms with Crippen LogP contribution in [0.3, 0.4) is 0 Å². The van der Waals surface area contributed by atoms with Crippen molar-refractivity contribution in [1.82, 2.24) is 15.5 Å². The number of amides is 3. The summed E-state index contributed by atoms with van der Waals surface area (Å²) >= 11 is 0. The molecule has 0 atom stereocenters. The van der Waals surface area contributed by atoms with Gasteiger partial charge in [0, 0.05) is 32.6 Å². The third-order valence-corrected chi connectivity index (χ3v) is 2.71. The smallest absolute Gasteiger partial charge is 0.314 e. The highest BCUT2D eigenvalue weighted by Crippen LogP contribution is 2.08. The van der Waals surface area contributed by atoms with Crippen LogP contribution in [0.25, 0.3) is 0 Å². The van der Waals surface area contributed by atoms with E-state index in [1.165, 1.54) is 0 Å². The van der Waals surface area contributed by atoms with Crippen molar-refractivity contribution in [2.45, 2.75) is 25.7 Å². The zero-order chi connectivity index (χ0) is 13.4. The lowest BCUT2D eigenvalue weighted by molar-refractivity contribution is -0.136. The number of hydrogen-bond donors (Lipinski definition) is 3. The third-order valence-electron chi connectivity index (χ3n) is 2.71. The largest absolute Gasteiger partial charge is 0.481 e. The number of carbonyl (C=O) groups excluding carboxylic acids is 2. The summed E-state index contributed by atoms with van der Waals surface area (Å²) in [6.07, 6.45) is 2.27. The minimum Gasteiger partial charge on any atom is -0.481 e. The highest BCUT2D eigenvalue weighted by atomic mass is 16.4. The van der Waals surface area contributed by atoms with Crippen molar-refractivity contribution in [2.75, 3.05) is 26.2 Å². The standard InChI is InChI=1S/C11H19N3O4/c15-9(14-7-1-2-8-14)3-5-12-11(18)13-6-4-10(16)17/h1-8H2,(H,16,17)(H2,12,13,18). The zero-order valence-electron chi connectivity index (χ0n) is 10.3. The molecule has 3 N–H and O–H groups in total. The number of nitrogens with zero attached hydrogens (tertiary/aromatic N) is 1. The number of likely N-dealkylation sites (tertiary alicyclic amines) is 1. The van der Waals surface area contributed by atoms with Crippen molar-refractivity contribution in [3.05, 3.63) is 0 Å². The predicted molar refractivity (Wildman–Crippen MR) is 64.1 cm³/mol. The van der Waals surface area contributed by atoms with E-state index in [1.807, 2.05) is 0 Å². The molecule has 1 saturated heterocycles. The van der Waals surface area contributed by atoms with E-state index in [4.69, 9.17) is 5.11 Å². The molecule has 1 fully saturated rings. The zero-order valence-corrected chi connectivity index (χ0v) is 10.3. The Morgan fingerprint density at radius 3 is 2.11 bits per heavy atom. The highest BCUT2D eigenvalue weighted by Gasteiger charge is 2.17. The fourth-order valence-corrected chi connectivity index (χ4v) is 1.75. The summed E-state index contributed by atoms with van der Waals surface area (Å²) in [5.74, 6) is -0.905. The van der Waals surface area contributed by atoms with Gasteiger partial charge in [-0.3, -0.25) is 9.59 Å². The monoisotopic (exact) mass is 257 g/mol. The van der Waals surface area contributed by atoms with Gasteiger partial charge in [0.25, 0.3) is 0 Å². The predicted octanol–water partition coefficient (Wildman–Crippen LogP) is -0.227. The molecular formula is C11H19N3O4. The molecule has 1 aliphatic heterocycles. The number of carbonyl (C=O) groups is 3. The van der Waals surface area contributed by atoms with Crippen LogP contribution in [-0.4, -0.2) is 54.1 Å². The number of hydrogen-bond acceptors (Lipinski definition) is 3. The maximum atomic E-state index is 11.6. The molecule has 0 aromatic heterocycles. The van der Waals surface area contributed by atoms with Crippen molar-refractivity contribution in [2.24, 2.45) is 0 Å². The summed E-state index contributed by atoms with van der Waals surface area (Å²) in [6, 6.07) is -0.439. The SMILES string of the molecule is O=C(O)CCNC(=O)NCCC(=O)N1CCCC1. The lowest BCUT2D eigenvalue weighted by atomic mass is 10.3. The summed E-state index contributed by atoms with van der Waals surface area (Å²) in [7, 11) is 0. The van der Waals surface area contributed by atoms with E-state index in [1.54, 1.807) is 4.90 Å². The van der Waals surface area contributed by atoms with Gasteiger partial charge in [0.2, 0.25) is 5.91 Å². The number of carboxylic acids is 1. The second-order valence-corrected chi connectivity index (χ2v) is 4.16. The van der Waals surface area contributed by atoms with Gasteiger partial charge in [-0.2, -0.15) is 0 Å². The first-order valence-corrected chi connectivity index (χ1v) is 6.11. The molecule has 0 bridgehead atoms. The molecule has 0 saturated carbocycles. The van der Waals surface area contributed by atoms with Crippen LogP contribution in [0.4, 0.5) is 4.79 Å². The van der Waals surface area contributed by atoms with E-state index in [-0.39, 0.29) is 31.8 Å². The number of carboxylic acid groups (broad SMARTS) is 1. The van der Waals surface area contributed by atoms with Crippen LogP contribution < -0.4 is 10.6 Å². The fourth-order valence-electron chi connectivity index (χ4n) is 1.75. The number of rotatable bonds is 6. The first-order chi connectivity index (χ1) is 8.59. The second kappa shape index (κ2) is 7.52. The lowest BCUT2D eigenvalue weighted by Crippen LogP contribution is -2.39. The molecule has 18 heavy (non-hydrogen) atoms. The van der Waals surface area contributed by atoms with Crippen LogP contribution in [-0.2, 0) is 9.59 Å². The van der Waals surface area contributed by atoms with Crippen LogP contribution in [0.2, 0.25) is 0 Å². The average molecular weight is 257 g/mol. The Bertz CT molecular complexity index is 313. The molecule has 0 radical (unpaired) electrons. The van der Waals surface area contributed by atoms with Gasteiger partial charge in [0.15, 0.2) is 0 Å². The van der Waals surface area contributed by atoms with Crippen LogP contribution >= 0.6 is 0 Å². The van der Waals surface area contributed by atoms with Crippen molar-refractivity contribution in [3.63, 3.8) is 0 Å². The molecule has 1 aliphatic rings. The molecule has 3 amide bonds. The first kappa shape index (κ1) is 14.3. The molecule has 102 valence electrons. The molecule has 0 aromatic rings. The van der Waals surface area contributed by atoms with Crippen molar-refractivity contribution in [1.29, 1.82) is 0 Å². The highest BCUT2D eigenvalue weighted by molar-refractivity contribution is 5.78. The molecule has 0 aromatic carbocycles. The van der Waals surface area contributed by atoms with Crippen molar-refractivity contribution in [3.8, 4) is 0 Å². The van der Waals surface area contributed by atoms with Gasteiger partial charge in [-0.15, -0.1) is 0 Å². The number of aliphatic carboxylic acids is 1. The molecule has 0 spiro atoms. The van der Waals surface area contributed by atoms with Gasteiger partial charge in [-0.05, 0) is 12.8 Å². The summed E-state index contributed by atoms with van der Waals surface area (Å²) in [5.41, 5.74) is 0. The quantitative estimate of drug-likeness (QED) is 0.612. The summed E-state index contributed by atoms with van der Waals surface area (Å²) in [4.78, 5) is 34.8. The Labute approximate surface area is 106 Å². The van der Waals surface area contributed by atoms with Gasteiger partial charge in [0.1, 0.15) is 0 Å². The Morgan fingerprint density at radius 2 is 1.56 bits per heavy atom. The Balaban J connectivity index is 2.04. The summed E-state index contributed by atoms with van der Waals surface area (Å²) in [6.45, 7) is 1.97. The van der Waals surface area contributed by atoms with Gasteiger partial charge in [-0.1, -0.05) is 0 Å². The van der Waals surface area contributed by atoms with E-state index in [9.17, 15) is 14.4 Å². The Hall–Kier alpha value is -1.79. The minimum atomic E-state index is -0.959. The Morgan fingerprint density at radius 1 is 1.00 bits per heavy atom. The van der Waals surface area contributed by atoms with Gasteiger partial charge in [-0.25, -0.2) is 4.79 Å². The maximum Gasteiger partial charge on any atom is 0.314 e. The number of urea groups is 1. The lowest BCUT2D eigenvalue weighted by Gasteiger charge is -2.15. The molecule has 0 unspecified atom stereocenters. The van der Waals surface area contributed by atoms with Crippen LogP contribution in [0.1, 0.15) is 25.7 Å². The molecule has 7 heteroatoms. The van der Waals surface area contributed by atoms with Crippen LogP contribution in [0, 0.1) is 0 Å². The topological polar surface area (TPSA) is 98.7 Å². The van der Waals surface area contributed by atoms with E-state index < -0.39 is 12.0 Å². The molecule has 1 heterocycles.